The zero-order valence-electron chi connectivity index (χ0n) is 16.7. The Kier molecular flexibility index (Phi) is 8.11. The van der Waals surface area contributed by atoms with Crippen molar-refractivity contribution in [3.05, 3.63) is 41.5 Å². The summed E-state index contributed by atoms with van der Waals surface area (Å²) in [6.45, 7) is -0.485. The first-order chi connectivity index (χ1) is 14.0. The second-order valence-electron chi connectivity index (χ2n) is 6.20. The second-order valence-corrected chi connectivity index (χ2v) is 6.20. The van der Waals surface area contributed by atoms with Crippen LogP contribution in [0.5, 0.6) is 28.7 Å². The van der Waals surface area contributed by atoms with Gasteiger partial charge < -0.3 is 34.3 Å². The maximum atomic E-state index is 12.9. The summed E-state index contributed by atoms with van der Waals surface area (Å²) in [5.41, 5.74) is 1.09. The van der Waals surface area contributed by atoms with E-state index in [1.165, 1.54) is 33.5 Å². The molecule has 0 aromatic heterocycles. The van der Waals surface area contributed by atoms with E-state index in [1.54, 1.807) is 18.2 Å². The maximum absolute atomic E-state index is 12.9. The van der Waals surface area contributed by atoms with Crippen molar-refractivity contribution in [2.24, 2.45) is 0 Å². The molecule has 0 aliphatic heterocycles. The molecule has 3 N–H and O–H groups in total. The molecule has 0 unspecified atom stereocenters. The van der Waals surface area contributed by atoms with Gasteiger partial charge in [0.1, 0.15) is 0 Å². The van der Waals surface area contributed by atoms with Gasteiger partial charge in [-0.05, 0) is 42.7 Å². The Morgan fingerprint density at radius 2 is 1.55 bits per heavy atom. The van der Waals surface area contributed by atoms with Crippen LogP contribution in [0.4, 0.5) is 0 Å². The summed E-state index contributed by atoms with van der Waals surface area (Å²) in [6.07, 6.45) is 0.0833. The van der Waals surface area contributed by atoms with Gasteiger partial charge in [-0.25, -0.2) is 0 Å². The molecule has 8 nitrogen and oxygen atoms in total. The van der Waals surface area contributed by atoms with E-state index < -0.39 is 18.5 Å². The lowest BCUT2D eigenvalue weighted by molar-refractivity contribution is 0.0651. The number of aromatic hydroxyl groups is 1. The van der Waals surface area contributed by atoms with Crippen molar-refractivity contribution >= 4 is 5.78 Å². The van der Waals surface area contributed by atoms with Crippen LogP contribution in [0.3, 0.4) is 0 Å². The smallest absolute Gasteiger partial charge is 0.205 e. The van der Waals surface area contributed by atoms with Crippen molar-refractivity contribution < 1.29 is 39.1 Å². The number of Topliss-reactive ketones (excluding diaryl/α,β-unsaturated/α-hetero) is 1. The summed E-state index contributed by atoms with van der Waals surface area (Å²) in [5, 5.41) is 28.7. The molecule has 0 aliphatic carbocycles. The first-order valence-corrected chi connectivity index (χ1v) is 9.03. The van der Waals surface area contributed by atoms with Gasteiger partial charge in [0, 0.05) is 12.2 Å². The van der Waals surface area contributed by atoms with Gasteiger partial charge in [-0.3, -0.25) is 4.79 Å². The van der Waals surface area contributed by atoms with Gasteiger partial charge in [-0.1, -0.05) is 6.07 Å². The molecule has 0 saturated carbocycles. The van der Waals surface area contributed by atoms with E-state index in [2.05, 4.69) is 0 Å². The molecule has 2 aromatic rings. The van der Waals surface area contributed by atoms with Crippen molar-refractivity contribution in [1.82, 2.24) is 0 Å². The topological polar surface area (TPSA) is 115 Å². The monoisotopic (exact) mass is 406 g/mol. The molecule has 0 fully saturated rings. The highest BCUT2D eigenvalue weighted by Gasteiger charge is 2.25. The fraction of sp³-hybridized carbons (Fsp3) is 0.381. The van der Waals surface area contributed by atoms with Crippen molar-refractivity contribution in [2.45, 2.75) is 18.9 Å². The molecule has 0 spiro atoms. The molecule has 0 amide bonds. The average molecular weight is 406 g/mol. The standard InChI is InChI=1S/C21H26O8/c1-26-16-9-13(5-4-8-22)6-7-15(16)29-19(12-23)20(24)14-10-17(27-2)21(25)18(11-14)28-3/h6-7,9-11,19,22-23,25H,4-5,8,12H2,1-3H3/t19-/m1/s1. The summed E-state index contributed by atoms with van der Waals surface area (Å²) >= 11 is 0. The summed E-state index contributed by atoms with van der Waals surface area (Å²) < 4.78 is 21.2. The number of methoxy groups -OCH3 is 3. The molecule has 0 radical (unpaired) electrons. The summed E-state index contributed by atoms with van der Waals surface area (Å²) in [7, 11) is 4.18. The third-order valence-corrected chi connectivity index (χ3v) is 4.34. The van der Waals surface area contributed by atoms with Gasteiger partial charge in [0.25, 0.3) is 0 Å². The Hall–Kier alpha value is -2.97. The number of benzene rings is 2. The zero-order valence-corrected chi connectivity index (χ0v) is 16.7. The lowest BCUT2D eigenvalue weighted by Crippen LogP contribution is -2.31. The minimum absolute atomic E-state index is 0.0650. The number of ketones is 1. The van der Waals surface area contributed by atoms with Crippen molar-refractivity contribution in [1.29, 1.82) is 0 Å². The van der Waals surface area contributed by atoms with Crippen LogP contribution in [0.15, 0.2) is 30.3 Å². The van der Waals surface area contributed by atoms with E-state index in [4.69, 9.17) is 24.1 Å². The number of hydrogen-bond acceptors (Lipinski definition) is 8. The lowest BCUT2D eigenvalue weighted by Gasteiger charge is -2.19. The van der Waals surface area contributed by atoms with E-state index >= 15 is 0 Å². The number of phenolic OH excluding ortho intramolecular Hbond substituents is 1. The molecule has 158 valence electrons. The number of hydrogen-bond donors (Lipinski definition) is 3. The molecule has 0 saturated heterocycles. The molecule has 2 aromatic carbocycles. The lowest BCUT2D eigenvalue weighted by atomic mass is 10.0. The van der Waals surface area contributed by atoms with E-state index in [0.717, 1.165) is 5.56 Å². The van der Waals surface area contributed by atoms with Gasteiger partial charge in [-0.2, -0.15) is 0 Å². The van der Waals surface area contributed by atoms with Crippen LogP contribution in [0.25, 0.3) is 0 Å². The first kappa shape index (κ1) is 22.3. The molecule has 0 aliphatic rings. The van der Waals surface area contributed by atoms with E-state index in [9.17, 15) is 15.0 Å². The number of ether oxygens (including phenoxy) is 4. The average Bonchev–Trinajstić information content (AvgIpc) is 2.75. The minimum Gasteiger partial charge on any atom is -0.502 e. The largest absolute Gasteiger partial charge is 0.502 e. The van der Waals surface area contributed by atoms with E-state index in [-0.39, 0.29) is 29.4 Å². The van der Waals surface area contributed by atoms with Crippen LogP contribution in [0, 0.1) is 0 Å². The molecular formula is C21H26O8. The second kappa shape index (κ2) is 10.5. The van der Waals surface area contributed by atoms with E-state index in [0.29, 0.717) is 24.3 Å². The van der Waals surface area contributed by atoms with Gasteiger partial charge in [0.05, 0.1) is 27.9 Å². The number of aliphatic hydroxyl groups is 2. The summed E-state index contributed by atoms with van der Waals surface area (Å²) in [5.74, 6) is 0.0898. The SMILES string of the molecule is COc1cc(CCCO)ccc1O[C@H](CO)C(=O)c1cc(OC)c(O)c(OC)c1. The Balaban J connectivity index is 2.29. The summed E-state index contributed by atoms with van der Waals surface area (Å²) in [6, 6.07) is 7.91. The van der Waals surface area contributed by atoms with Gasteiger partial charge in [0.2, 0.25) is 11.5 Å². The molecular weight excluding hydrogens is 380 g/mol. The van der Waals surface area contributed by atoms with Crippen molar-refractivity contribution in [2.75, 3.05) is 34.5 Å². The maximum Gasteiger partial charge on any atom is 0.205 e. The summed E-state index contributed by atoms with van der Waals surface area (Å²) in [4.78, 5) is 12.9. The third kappa shape index (κ3) is 5.30. The number of aryl methyl sites for hydroxylation is 1. The molecule has 8 heteroatoms. The van der Waals surface area contributed by atoms with Crippen LogP contribution in [-0.2, 0) is 6.42 Å². The predicted molar refractivity (Wildman–Crippen MR) is 105 cm³/mol. The fourth-order valence-electron chi connectivity index (χ4n) is 2.80. The number of carbonyl (C=O) groups excluding carboxylic acids is 1. The van der Waals surface area contributed by atoms with Crippen LogP contribution in [-0.4, -0.2) is 61.7 Å². The molecule has 0 heterocycles. The van der Waals surface area contributed by atoms with Crippen molar-refractivity contribution in [3.8, 4) is 28.7 Å². The van der Waals surface area contributed by atoms with Gasteiger partial charge in [-0.15, -0.1) is 0 Å². The normalized spacial score (nSPS) is 11.6. The molecule has 0 bridgehead atoms. The number of phenols is 1. The molecule has 1 atom stereocenters. The highest BCUT2D eigenvalue weighted by molar-refractivity contribution is 6.01. The highest BCUT2D eigenvalue weighted by Crippen LogP contribution is 2.38. The Morgan fingerprint density at radius 1 is 0.931 bits per heavy atom. The number of carbonyl (C=O) groups is 1. The molecule has 29 heavy (non-hydrogen) atoms. The highest BCUT2D eigenvalue weighted by atomic mass is 16.5. The number of aliphatic hydroxyl groups excluding tert-OH is 2. The minimum atomic E-state index is -1.20. The van der Waals surface area contributed by atoms with E-state index in [1.807, 2.05) is 0 Å². The zero-order chi connectivity index (χ0) is 21.4. The number of rotatable bonds is 11. The van der Waals surface area contributed by atoms with Crippen LogP contribution in [0.2, 0.25) is 0 Å². The first-order valence-electron chi connectivity index (χ1n) is 9.03. The molecule has 2 rings (SSSR count). The van der Waals surface area contributed by atoms with Gasteiger partial charge >= 0.3 is 0 Å². The van der Waals surface area contributed by atoms with Crippen LogP contribution in [0.1, 0.15) is 22.3 Å². The predicted octanol–water partition coefficient (Wildman–Crippen LogP) is 1.97. The van der Waals surface area contributed by atoms with Crippen molar-refractivity contribution in [3.63, 3.8) is 0 Å². The fourth-order valence-corrected chi connectivity index (χ4v) is 2.80. The quantitative estimate of drug-likeness (QED) is 0.485. The van der Waals surface area contributed by atoms with Gasteiger partial charge in [0.15, 0.2) is 29.1 Å². The Bertz CT molecular complexity index is 808. The Labute approximate surface area is 169 Å². The Morgan fingerprint density at radius 3 is 2.07 bits per heavy atom. The van der Waals surface area contributed by atoms with Crippen LogP contribution < -0.4 is 18.9 Å². The third-order valence-electron chi connectivity index (χ3n) is 4.34. The van der Waals surface area contributed by atoms with Crippen LogP contribution >= 0.6 is 0 Å².